The predicted octanol–water partition coefficient (Wildman–Crippen LogP) is -3.31. The second-order valence-electron chi connectivity index (χ2n) is 4.81. The monoisotopic (exact) mass is 356 g/mol. The van der Waals surface area contributed by atoms with Gasteiger partial charge in [0, 0.05) is 12.8 Å². The molecule has 2 amide bonds. The Bertz CT molecular complexity index is 309. The van der Waals surface area contributed by atoms with E-state index >= 15 is 0 Å². The van der Waals surface area contributed by atoms with Crippen molar-refractivity contribution in [3.8, 4) is 0 Å². The number of hydrogen-bond donors (Lipinski definition) is 0. The lowest BCUT2D eigenvalue weighted by Gasteiger charge is -2.23. The normalized spacial score (nSPS) is 15.8. The van der Waals surface area contributed by atoms with Gasteiger partial charge in [0.15, 0.2) is 0 Å². The number of hydrogen-bond acceptors (Lipinski definition) is 4. The minimum absolute atomic E-state index is 0. The van der Waals surface area contributed by atoms with Crippen LogP contribution in [0.2, 0.25) is 0 Å². The number of quaternary nitrogens is 1. The van der Waals surface area contributed by atoms with Crippen LogP contribution in [-0.2, 0) is 19.2 Å². The molecule has 1 rings (SSSR count). The Labute approximate surface area is 117 Å². The molecule has 1 saturated heterocycles. The Balaban J connectivity index is 0.00000256. The molecule has 0 spiro atoms. The van der Waals surface area contributed by atoms with Crippen LogP contribution in [0.3, 0.4) is 0 Å². The molecular weight excluding hydrogens is 339 g/mol. The number of rotatable bonds is 4. The van der Waals surface area contributed by atoms with Gasteiger partial charge < -0.3 is 33.3 Å². The zero-order chi connectivity index (χ0) is 12.3. The first-order valence-electron chi connectivity index (χ1n) is 5.16. The summed E-state index contributed by atoms with van der Waals surface area (Å²) in [7, 11) is 5.83. The zero-order valence-electron chi connectivity index (χ0n) is 10.2. The highest BCUT2D eigenvalue weighted by atomic mass is 127. The first-order chi connectivity index (χ1) is 7.29. The predicted molar refractivity (Wildman–Crippen MR) is 54.7 cm³/mol. The number of carbonyl (C=O) groups excluding carboxylic acids is 3. The molecule has 17 heavy (non-hydrogen) atoms. The van der Waals surface area contributed by atoms with Crippen LogP contribution in [0.1, 0.15) is 19.3 Å². The van der Waals surface area contributed by atoms with Gasteiger partial charge in [-0.2, -0.15) is 0 Å². The van der Waals surface area contributed by atoms with E-state index in [2.05, 4.69) is 0 Å². The lowest BCUT2D eigenvalue weighted by Crippen LogP contribution is -3.00. The molecule has 0 atom stereocenters. The van der Waals surface area contributed by atoms with Crippen molar-refractivity contribution in [2.75, 3.05) is 27.7 Å². The molecule has 0 aliphatic carbocycles. The average Bonchev–Trinajstić information content (AvgIpc) is 2.45. The summed E-state index contributed by atoms with van der Waals surface area (Å²) < 4.78 is 0.622. The Hall–Kier alpha value is -0.700. The highest BCUT2D eigenvalue weighted by Crippen LogP contribution is 2.12. The third-order valence-electron chi connectivity index (χ3n) is 2.19. The Kier molecular flexibility index (Phi) is 6.03. The van der Waals surface area contributed by atoms with E-state index in [1.165, 1.54) is 0 Å². The number of amides is 2. The Morgan fingerprint density at radius 3 is 2.12 bits per heavy atom. The molecule has 6 nitrogen and oxygen atoms in total. The summed E-state index contributed by atoms with van der Waals surface area (Å²) in [6.07, 6.45) is 0.434. The fourth-order valence-electron chi connectivity index (χ4n) is 1.23. The molecule has 0 aromatic heterocycles. The summed E-state index contributed by atoms with van der Waals surface area (Å²) in [6.45, 7) is 0.592. The molecule has 1 fully saturated rings. The van der Waals surface area contributed by atoms with Gasteiger partial charge in [0.25, 0.3) is 11.8 Å². The molecule has 0 unspecified atom stereocenters. The quantitative estimate of drug-likeness (QED) is 0.301. The van der Waals surface area contributed by atoms with Gasteiger partial charge in [0.1, 0.15) is 0 Å². The van der Waals surface area contributed by atoms with E-state index in [1.54, 1.807) is 0 Å². The first kappa shape index (κ1) is 16.3. The summed E-state index contributed by atoms with van der Waals surface area (Å²) >= 11 is 0. The maximum atomic E-state index is 11.4. The molecule has 1 heterocycles. The Morgan fingerprint density at radius 2 is 1.71 bits per heavy atom. The van der Waals surface area contributed by atoms with Crippen LogP contribution >= 0.6 is 0 Å². The van der Waals surface area contributed by atoms with Crippen molar-refractivity contribution in [3.05, 3.63) is 0 Å². The minimum Gasteiger partial charge on any atom is -1.00 e. The molecule has 1 aliphatic rings. The SMILES string of the molecule is C[N+](C)(C)CCC(=O)ON1C(=O)CCC1=O.[I-]. The number of hydroxylamine groups is 2. The van der Waals surface area contributed by atoms with Crippen molar-refractivity contribution in [2.45, 2.75) is 19.3 Å². The van der Waals surface area contributed by atoms with E-state index < -0.39 is 17.8 Å². The van der Waals surface area contributed by atoms with Gasteiger partial charge >= 0.3 is 5.97 Å². The molecule has 98 valence electrons. The third kappa shape index (κ3) is 5.44. The second kappa shape index (κ2) is 6.29. The van der Waals surface area contributed by atoms with Crippen LogP contribution in [0.4, 0.5) is 0 Å². The minimum atomic E-state index is -0.545. The zero-order valence-corrected chi connectivity index (χ0v) is 12.4. The number of carbonyl (C=O) groups is 3. The third-order valence-corrected chi connectivity index (χ3v) is 2.19. The van der Waals surface area contributed by atoms with Crippen LogP contribution in [0.25, 0.3) is 0 Å². The Morgan fingerprint density at radius 1 is 1.24 bits per heavy atom. The molecule has 7 heteroatoms. The summed E-state index contributed by atoms with van der Waals surface area (Å²) in [4.78, 5) is 38.4. The summed E-state index contributed by atoms with van der Waals surface area (Å²) in [5.74, 6) is -1.43. The average molecular weight is 356 g/mol. The van der Waals surface area contributed by atoms with Gasteiger partial charge in [-0.25, -0.2) is 4.79 Å². The van der Waals surface area contributed by atoms with Crippen LogP contribution in [0.15, 0.2) is 0 Å². The van der Waals surface area contributed by atoms with Crippen molar-refractivity contribution in [1.82, 2.24) is 5.06 Å². The molecule has 1 aliphatic heterocycles. The van der Waals surface area contributed by atoms with E-state index in [9.17, 15) is 14.4 Å². The van der Waals surface area contributed by atoms with Crippen LogP contribution < -0.4 is 24.0 Å². The van der Waals surface area contributed by atoms with Crippen LogP contribution in [0, 0.1) is 0 Å². The molecule has 0 N–H and O–H groups in total. The molecule has 0 aromatic rings. The van der Waals surface area contributed by atoms with Gasteiger partial charge in [0.05, 0.1) is 34.1 Å². The van der Waals surface area contributed by atoms with Crippen molar-refractivity contribution >= 4 is 17.8 Å². The van der Waals surface area contributed by atoms with Crippen molar-refractivity contribution < 1.29 is 47.7 Å². The standard InChI is InChI=1S/C10H17N2O4.HI/c1-12(2,3)7-6-10(15)16-11-8(13)4-5-9(11)14;/h4-7H2,1-3H3;1H/q+1;/p-1. The summed E-state index contributed by atoms with van der Waals surface area (Å²) in [5, 5.41) is 0.581. The highest BCUT2D eigenvalue weighted by Gasteiger charge is 2.32. The van der Waals surface area contributed by atoms with E-state index in [0.717, 1.165) is 0 Å². The summed E-state index contributed by atoms with van der Waals surface area (Å²) in [6, 6.07) is 0. The first-order valence-corrected chi connectivity index (χ1v) is 5.16. The van der Waals surface area contributed by atoms with Gasteiger partial charge in [-0.15, -0.1) is 5.06 Å². The van der Waals surface area contributed by atoms with Gasteiger partial charge in [0.2, 0.25) is 0 Å². The van der Waals surface area contributed by atoms with Crippen LogP contribution in [0.5, 0.6) is 0 Å². The largest absolute Gasteiger partial charge is 1.00 e. The van der Waals surface area contributed by atoms with E-state index in [4.69, 9.17) is 4.84 Å². The second-order valence-corrected chi connectivity index (χ2v) is 4.81. The topological polar surface area (TPSA) is 63.7 Å². The van der Waals surface area contributed by atoms with Crippen molar-refractivity contribution in [3.63, 3.8) is 0 Å². The molecule has 0 radical (unpaired) electrons. The van der Waals surface area contributed by atoms with E-state index in [0.29, 0.717) is 16.1 Å². The number of halogens is 1. The van der Waals surface area contributed by atoms with Crippen LogP contribution in [-0.4, -0.2) is 55.0 Å². The molecule has 0 saturated carbocycles. The maximum Gasteiger partial charge on any atom is 0.338 e. The molecule has 0 aromatic carbocycles. The van der Waals surface area contributed by atoms with Gasteiger partial charge in [-0.1, -0.05) is 0 Å². The van der Waals surface area contributed by atoms with Gasteiger partial charge in [-0.3, -0.25) is 9.59 Å². The van der Waals surface area contributed by atoms with Crippen molar-refractivity contribution in [1.29, 1.82) is 0 Å². The van der Waals surface area contributed by atoms with Crippen molar-refractivity contribution in [2.24, 2.45) is 0 Å². The fraction of sp³-hybridized carbons (Fsp3) is 0.700. The molecular formula is C10H17IN2O4. The molecule has 0 bridgehead atoms. The van der Waals surface area contributed by atoms with E-state index in [1.807, 2.05) is 21.1 Å². The lowest BCUT2D eigenvalue weighted by molar-refractivity contribution is -0.869. The fourth-order valence-corrected chi connectivity index (χ4v) is 1.23. The number of imide groups is 1. The lowest BCUT2D eigenvalue weighted by atomic mass is 10.4. The summed E-state index contributed by atoms with van der Waals surface area (Å²) in [5.41, 5.74) is 0. The smallest absolute Gasteiger partial charge is 0.338 e. The highest BCUT2D eigenvalue weighted by molar-refractivity contribution is 6.01. The van der Waals surface area contributed by atoms with E-state index in [-0.39, 0.29) is 43.2 Å². The number of nitrogens with zero attached hydrogens (tertiary/aromatic N) is 2. The van der Waals surface area contributed by atoms with Gasteiger partial charge in [-0.05, 0) is 0 Å². The maximum absolute atomic E-state index is 11.4.